The Labute approximate surface area is 82.9 Å². The second kappa shape index (κ2) is 3.12. The lowest BCUT2D eigenvalue weighted by atomic mass is 11.0. The van der Waals surface area contributed by atoms with Crippen LogP contribution >= 0.6 is 66.4 Å². The summed E-state index contributed by atoms with van der Waals surface area (Å²) in [7, 11) is 0. The molecule has 5 heteroatoms. The van der Waals surface area contributed by atoms with Crippen LogP contribution in [-0.2, 0) is 0 Å². The van der Waals surface area contributed by atoms with E-state index in [0.717, 1.165) is 10.5 Å². The lowest BCUT2D eigenvalue weighted by Crippen LogP contribution is -1.97. The van der Waals surface area contributed by atoms with Gasteiger partial charge in [0, 0.05) is 0 Å². The third kappa shape index (κ3) is 1.54. The van der Waals surface area contributed by atoms with Gasteiger partial charge in [0.1, 0.15) is 4.61 Å². The average molecular weight is 371 g/mol. The molecule has 0 spiro atoms. The van der Waals surface area contributed by atoms with Crippen molar-refractivity contribution in [2.45, 2.75) is 0 Å². The van der Waals surface area contributed by atoms with E-state index in [0.29, 0.717) is 0 Å². The molecule has 0 radical (unpaired) electrons. The van der Waals surface area contributed by atoms with Gasteiger partial charge in [-0.25, -0.2) is 0 Å². The predicted octanol–water partition coefficient (Wildman–Crippen LogP) is 3.26. The van der Waals surface area contributed by atoms with Crippen LogP contribution in [0.3, 0.4) is 0 Å². The monoisotopic (exact) mass is 369 g/mol. The number of thioether (sulfide) groups is 1. The van der Waals surface area contributed by atoms with E-state index >= 15 is 0 Å². The summed E-state index contributed by atoms with van der Waals surface area (Å²) in [6, 6.07) is 0. The molecule has 1 rings (SSSR count). The molecule has 46 valence electrons. The molecule has 1 heterocycles. The molecule has 1 aliphatic rings. The fourth-order valence-corrected chi connectivity index (χ4v) is 3.19. The topological polar surface area (TPSA) is 3.24 Å². The maximum Gasteiger partial charge on any atom is 0.111 e. The summed E-state index contributed by atoms with van der Waals surface area (Å²) in [5.74, 6) is 0.999. The first-order valence-electron chi connectivity index (χ1n) is 1.83. The first-order chi connectivity index (χ1) is 3.72. The molecule has 0 bridgehead atoms. The second-order valence-corrected chi connectivity index (χ2v) is 5.57. The molecule has 0 aromatic carbocycles. The zero-order valence-electron chi connectivity index (χ0n) is 3.70. The summed E-state index contributed by atoms with van der Waals surface area (Å²) in [6.45, 7) is 0. The molecule has 0 fully saturated rings. The first-order valence-corrected chi connectivity index (χ1v) is 5.40. The molecule has 1 nitrogen and oxygen atoms in total. The van der Waals surface area contributed by atoms with E-state index in [1.165, 1.54) is 2.91 Å². The van der Waals surface area contributed by atoms with Gasteiger partial charge in [-0.15, -0.1) is 0 Å². The second-order valence-electron chi connectivity index (χ2n) is 1.20. The third-order valence-electron chi connectivity index (χ3n) is 0.680. The van der Waals surface area contributed by atoms with Crippen LogP contribution in [-0.4, -0.2) is 9.80 Å². The highest BCUT2D eigenvalue weighted by molar-refractivity contribution is 14.1. The molecule has 0 unspecified atom stereocenters. The van der Waals surface area contributed by atoms with E-state index in [2.05, 4.69) is 54.7 Å². The van der Waals surface area contributed by atoms with Gasteiger partial charge in [0.2, 0.25) is 0 Å². The van der Waals surface area contributed by atoms with Crippen molar-refractivity contribution in [2.75, 3.05) is 5.88 Å². The first kappa shape index (κ1) is 7.68. The normalized spacial score (nSPS) is 20.6. The van der Waals surface area contributed by atoms with Crippen molar-refractivity contribution >= 4 is 66.4 Å². The van der Waals surface area contributed by atoms with Crippen LogP contribution in [0.15, 0.2) is 7.52 Å². The van der Waals surface area contributed by atoms with Crippen LogP contribution in [0.25, 0.3) is 0 Å². The lowest BCUT2D eigenvalue weighted by Gasteiger charge is -2.03. The Morgan fingerprint density at radius 2 is 2.38 bits per heavy atom. The van der Waals surface area contributed by atoms with Gasteiger partial charge in [0.15, 0.2) is 0 Å². The van der Waals surface area contributed by atoms with Crippen LogP contribution in [0, 0.1) is 0 Å². The number of hydrogen-bond donors (Lipinski definition) is 0. The summed E-state index contributed by atoms with van der Waals surface area (Å²) in [4.78, 5) is 0. The van der Waals surface area contributed by atoms with Gasteiger partial charge < -0.3 is 0 Å². The molecule has 0 saturated carbocycles. The van der Waals surface area contributed by atoms with E-state index < -0.39 is 0 Å². The number of hydrogen-bond acceptors (Lipinski definition) is 2. The maximum atomic E-state index is 3.40. The van der Waals surface area contributed by atoms with E-state index in [1.54, 1.807) is 0 Å². The molecular weight excluding hydrogens is 369 g/mol. The Morgan fingerprint density at radius 3 is 2.50 bits per heavy atom. The van der Waals surface area contributed by atoms with Gasteiger partial charge in [-0.05, 0) is 38.5 Å². The van der Waals surface area contributed by atoms with Crippen molar-refractivity contribution in [3.05, 3.63) is 7.52 Å². The minimum absolute atomic E-state index is 0.999. The molecule has 0 aliphatic carbocycles. The van der Waals surface area contributed by atoms with Gasteiger partial charge in [-0.1, -0.05) is 11.8 Å². The molecule has 0 atom stereocenters. The van der Waals surface area contributed by atoms with E-state index in [4.69, 9.17) is 0 Å². The number of halogens is 3. The molecule has 0 amide bonds. The zero-order valence-corrected chi connectivity index (χ0v) is 9.84. The standard InChI is InChI=1S/C3H2Br2INS/c4-2-3(6)8-1-7(2)5/h1H2. The van der Waals surface area contributed by atoms with E-state index in [-0.39, 0.29) is 0 Å². The van der Waals surface area contributed by atoms with Crippen LogP contribution < -0.4 is 0 Å². The predicted molar refractivity (Wildman–Crippen MR) is 53.2 cm³/mol. The quantitative estimate of drug-likeness (QED) is 0.366. The van der Waals surface area contributed by atoms with Gasteiger partial charge in [0.25, 0.3) is 0 Å². The molecule has 0 aromatic heterocycles. The van der Waals surface area contributed by atoms with Crippen LogP contribution in [0.5, 0.6) is 0 Å². The van der Waals surface area contributed by atoms with Gasteiger partial charge >= 0.3 is 0 Å². The average Bonchev–Trinajstić information content (AvgIpc) is 1.98. The molecule has 0 N–H and O–H groups in total. The minimum Gasteiger partial charge on any atom is -0.291 e. The van der Waals surface area contributed by atoms with Crippen LogP contribution in [0.4, 0.5) is 0 Å². The Kier molecular flexibility index (Phi) is 2.99. The molecular formula is C3H2Br2INS. The van der Waals surface area contributed by atoms with Gasteiger partial charge in [0.05, 0.1) is 24.9 Å². The highest BCUT2D eigenvalue weighted by Crippen LogP contribution is 2.41. The van der Waals surface area contributed by atoms with E-state index in [1.807, 2.05) is 15.7 Å². The Hall–Kier alpha value is 1.58. The van der Waals surface area contributed by atoms with Crippen molar-refractivity contribution in [3.63, 3.8) is 0 Å². The number of rotatable bonds is 0. The van der Waals surface area contributed by atoms with Gasteiger partial charge in [-0.2, -0.15) is 0 Å². The highest BCUT2D eigenvalue weighted by atomic mass is 127. The molecule has 0 saturated heterocycles. The lowest BCUT2D eigenvalue weighted by molar-refractivity contribution is 0.774. The third-order valence-corrected chi connectivity index (χ3v) is 6.20. The summed E-state index contributed by atoms with van der Waals surface area (Å²) >= 11 is 10.9. The van der Waals surface area contributed by atoms with Crippen LogP contribution in [0.2, 0.25) is 0 Å². The SMILES string of the molecule is BrC1=C(I)SCN1Br. The Morgan fingerprint density at radius 1 is 1.75 bits per heavy atom. The highest BCUT2D eigenvalue weighted by Gasteiger charge is 2.15. The zero-order chi connectivity index (χ0) is 6.15. The van der Waals surface area contributed by atoms with Gasteiger partial charge in [-0.3, -0.25) is 3.93 Å². The molecule has 1 aliphatic heterocycles. The van der Waals surface area contributed by atoms with Crippen molar-refractivity contribution in [1.29, 1.82) is 0 Å². The molecule has 8 heavy (non-hydrogen) atoms. The van der Waals surface area contributed by atoms with Crippen molar-refractivity contribution in [2.24, 2.45) is 0 Å². The summed E-state index contributed by atoms with van der Waals surface area (Å²) < 4.78 is 4.43. The smallest absolute Gasteiger partial charge is 0.111 e. The summed E-state index contributed by atoms with van der Waals surface area (Å²) in [5, 5.41) is 0. The molecule has 0 aromatic rings. The summed E-state index contributed by atoms with van der Waals surface area (Å²) in [6.07, 6.45) is 0. The Bertz CT molecular complexity index is 137. The fraction of sp³-hybridized carbons (Fsp3) is 0.333. The maximum absolute atomic E-state index is 3.40. The largest absolute Gasteiger partial charge is 0.291 e. The van der Waals surface area contributed by atoms with Crippen molar-refractivity contribution < 1.29 is 0 Å². The number of nitrogens with zero attached hydrogens (tertiary/aromatic N) is 1. The minimum atomic E-state index is 0.999. The summed E-state index contributed by atoms with van der Waals surface area (Å²) in [5.41, 5.74) is 0. The van der Waals surface area contributed by atoms with Crippen molar-refractivity contribution in [1.82, 2.24) is 3.93 Å². The van der Waals surface area contributed by atoms with Crippen molar-refractivity contribution in [3.8, 4) is 0 Å². The Balaban J connectivity index is 2.71. The van der Waals surface area contributed by atoms with E-state index in [9.17, 15) is 0 Å². The van der Waals surface area contributed by atoms with Crippen LogP contribution in [0.1, 0.15) is 0 Å². The fourth-order valence-electron chi connectivity index (χ4n) is 0.325.